The maximum Gasteiger partial charge on any atom is 0.313 e. The van der Waals surface area contributed by atoms with E-state index in [1.807, 2.05) is 13.8 Å². The van der Waals surface area contributed by atoms with E-state index in [0.29, 0.717) is 6.42 Å². The van der Waals surface area contributed by atoms with Crippen molar-refractivity contribution in [3.63, 3.8) is 0 Å². The van der Waals surface area contributed by atoms with Gasteiger partial charge >= 0.3 is 5.97 Å². The van der Waals surface area contributed by atoms with Crippen molar-refractivity contribution in [2.75, 3.05) is 14.2 Å². The zero-order chi connectivity index (χ0) is 22.1. The van der Waals surface area contributed by atoms with E-state index in [1.54, 1.807) is 5.48 Å². The molecule has 3 unspecified atom stereocenters. The van der Waals surface area contributed by atoms with Crippen molar-refractivity contribution < 1.29 is 29.1 Å². The second-order valence-corrected chi connectivity index (χ2v) is 7.61. The fourth-order valence-electron chi connectivity index (χ4n) is 3.03. The van der Waals surface area contributed by atoms with Gasteiger partial charge in [-0.25, -0.2) is 5.48 Å². The Kier molecular flexibility index (Phi) is 10.4. The molecule has 0 bridgehead atoms. The molecule has 0 aromatic rings. The lowest BCUT2D eigenvalue weighted by Crippen LogP contribution is -2.58. The number of hydrogen-bond acceptors (Lipinski definition) is 6. The predicted molar refractivity (Wildman–Crippen MR) is 103 cm³/mol. The van der Waals surface area contributed by atoms with Gasteiger partial charge in [0.1, 0.15) is 6.04 Å². The topological polar surface area (TPSA) is 134 Å². The molecular weight excluding hydrogens is 366 g/mol. The van der Waals surface area contributed by atoms with Crippen LogP contribution in [0.5, 0.6) is 0 Å². The molecular formula is C19H33N3O6. The Bertz CT molecular complexity index is 588. The number of hydroxylamine groups is 1. The molecule has 0 saturated carbocycles. The van der Waals surface area contributed by atoms with Crippen molar-refractivity contribution in [3.05, 3.63) is 12.7 Å². The molecule has 0 spiro atoms. The number of allylic oxidation sites excluding steroid dienone is 1. The van der Waals surface area contributed by atoms with E-state index in [2.05, 4.69) is 17.2 Å². The molecule has 0 aliphatic carbocycles. The average molecular weight is 399 g/mol. The van der Waals surface area contributed by atoms with Crippen molar-refractivity contribution in [3.8, 4) is 0 Å². The largest absolute Gasteiger partial charge is 0.469 e. The van der Waals surface area contributed by atoms with Crippen molar-refractivity contribution in [1.29, 1.82) is 0 Å². The van der Waals surface area contributed by atoms with E-state index in [0.717, 1.165) is 0 Å². The number of amides is 3. The van der Waals surface area contributed by atoms with E-state index in [-0.39, 0.29) is 12.3 Å². The minimum absolute atomic E-state index is 0.0571. The normalized spacial score (nSPS) is 14.4. The van der Waals surface area contributed by atoms with Crippen LogP contribution >= 0.6 is 0 Å². The summed E-state index contributed by atoms with van der Waals surface area (Å²) in [6.07, 6.45) is 1.97. The molecule has 160 valence electrons. The summed E-state index contributed by atoms with van der Waals surface area (Å²) in [5.74, 6) is -4.19. The van der Waals surface area contributed by atoms with Gasteiger partial charge in [-0.3, -0.25) is 24.4 Å². The summed E-state index contributed by atoms with van der Waals surface area (Å²) in [5.41, 5.74) is 0.236. The molecule has 0 fully saturated rings. The summed E-state index contributed by atoms with van der Waals surface area (Å²) in [7, 11) is 2.58. The van der Waals surface area contributed by atoms with Gasteiger partial charge in [0.2, 0.25) is 17.7 Å². The van der Waals surface area contributed by atoms with Crippen molar-refractivity contribution in [2.24, 2.45) is 23.2 Å². The Morgan fingerprint density at radius 2 is 1.68 bits per heavy atom. The van der Waals surface area contributed by atoms with Crippen LogP contribution in [-0.2, 0) is 23.9 Å². The Morgan fingerprint density at radius 1 is 1.11 bits per heavy atom. The second-order valence-electron chi connectivity index (χ2n) is 7.61. The van der Waals surface area contributed by atoms with Gasteiger partial charge < -0.3 is 15.4 Å². The first kappa shape index (κ1) is 25.6. The van der Waals surface area contributed by atoms with Crippen LogP contribution in [0.4, 0.5) is 0 Å². The van der Waals surface area contributed by atoms with Crippen LogP contribution in [0.3, 0.4) is 0 Å². The Morgan fingerprint density at radius 3 is 2.07 bits per heavy atom. The van der Waals surface area contributed by atoms with E-state index in [9.17, 15) is 19.2 Å². The van der Waals surface area contributed by atoms with Crippen molar-refractivity contribution >= 4 is 23.7 Å². The van der Waals surface area contributed by atoms with Crippen LogP contribution in [0.25, 0.3) is 0 Å². The summed E-state index contributed by atoms with van der Waals surface area (Å²) in [6.45, 7) is 10.3. The number of likely N-dealkylation sites (N-methyl/N-ethyl adjacent to an activating group) is 1. The van der Waals surface area contributed by atoms with Crippen LogP contribution in [-0.4, -0.2) is 49.1 Å². The fourth-order valence-corrected chi connectivity index (χ4v) is 3.03. The zero-order valence-corrected chi connectivity index (χ0v) is 17.5. The highest BCUT2D eigenvalue weighted by Gasteiger charge is 2.45. The van der Waals surface area contributed by atoms with Gasteiger partial charge in [0.05, 0.1) is 24.4 Å². The molecule has 28 heavy (non-hydrogen) atoms. The van der Waals surface area contributed by atoms with Crippen LogP contribution in [0.15, 0.2) is 12.7 Å². The van der Waals surface area contributed by atoms with Gasteiger partial charge in [0.25, 0.3) is 0 Å². The molecule has 9 nitrogen and oxygen atoms in total. The fraction of sp³-hybridized carbons (Fsp3) is 0.684. The summed E-state index contributed by atoms with van der Waals surface area (Å²) in [6, 6.07) is -1.21. The lowest BCUT2D eigenvalue weighted by molar-refractivity contribution is -0.156. The highest BCUT2D eigenvalue weighted by atomic mass is 16.5. The van der Waals surface area contributed by atoms with Gasteiger partial charge in [-0.05, 0) is 32.6 Å². The highest BCUT2D eigenvalue weighted by molar-refractivity contribution is 5.95. The predicted octanol–water partition coefficient (Wildman–Crippen LogP) is 0.776. The molecule has 0 aromatic carbocycles. The molecule has 3 amide bonds. The third-order valence-corrected chi connectivity index (χ3v) is 4.64. The van der Waals surface area contributed by atoms with Gasteiger partial charge in [0.15, 0.2) is 0 Å². The Labute approximate surface area is 166 Å². The highest BCUT2D eigenvalue weighted by Crippen LogP contribution is 2.27. The lowest BCUT2D eigenvalue weighted by atomic mass is 9.80. The lowest BCUT2D eigenvalue weighted by Gasteiger charge is -2.33. The second kappa shape index (κ2) is 11.4. The van der Waals surface area contributed by atoms with Gasteiger partial charge in [-0.1, -0.05) is 19.9 Å². The molecule has 0 aromatic heterocycles. The minimum atomic E-state index is -1.35. The van der Waals surface area contributed by atoms with Gasteiger partial charge in [-0.2, -0.15) is 0 Å². The number of nitrogens with one attached hydrogen (secondary N) is 3. The Hall–Kier alpha value is -2.42. The quantitative estimate of drug-likeness (QED) is 0.176. The Balaban J connectivity index is 5.93. The third kappa shape index (κ3) is 6.63. The summed E-state index contributed by atoms with van der Waals surface area (Å²) < 4.78 is 4.76. The monoisotopic (exact) mass is 399 g/mol. The summed E-state index contributed by atoms with van der Waals surface area (Å²) in [4.78, 5) is 49.7. The number of esters is 1. The molecule has 9 heteroatoms. The van der Waals surface area contributed by atoms with E-state index >= 15 is 0 Å². The smallest absolute Gasteiger partial charge is 0.313 e. The van der Waals surface area contributed by atoms with Crippen LogP contribution in [0.2, 0.25) is 0 Å². The summed E-state index contributed by atoms with van der Waals surface area (Å²) >= 11 is 0. The van der Waals surface area contributed by atoms with E-state index in [4.69, 9.17) is 9.94 Å². The number of rotatable bonds is 11. The number of carbonyl (C=O) groups is 4. The maximum atomic E-state index is 13.1. The molecule has 0 aliphatic heterocycles. The van der Waals surface area contributed by atoms with Gasteiger partial charge in [0, 0.05) is 7.05 Å². The molecule has 3 atom stereocenters. The molecule has 0 saturated heterocycles. The van der Waals surface area contributed by atoms with Gasteiger partial charge in [-0.15, -0.1) is 6.58 Å². The average Bonchev–Trinajstić information content (AvgIpc) is 2.65. The van der Waals surface area contributed by atoms with E-state index in [1.165, 1.54) is 34.1 Å². The van der Waals surface area contributed by atoms with Crippen molar-refractivity contribution in [1.82, 2.24) is 16.1 Å². The number of methoxy groups -OCH3 is 1. The molecule has 0 radical (unpaired) electrons. The minimum Gasteiger partial charge on any atom is -0.469 e. The molecule has 0 aliphatic rings. The first-order valence-electron chi connectivity index (χ1n) is 9.13. The number of hydrogen-bond donors (Lipinski definition) is 4. The standard InChI is InChI=1S/C19H33N3O6/c1-8-9-12(16(24)22-27)13(10-11(2)3)15(23)21-14(17(25)20-6)19(4,5)18(26)28-7/h8,11-14,27H,1,9-10H2,2-7H3,(H,20,25)(H,21,23)(H,22,24). The first-order valence-corrected chi connectivity index (χ1v) is 9.13. The summed E-state index contributed by atoms with van der Waals surface area (Å²) in [5, 5.41) is 14.1. The SMILES string of the molecule is C=CCC(C(=O)NO)C(CC(C)C)C(=O)NC(C(=O)NC)C(C)(C)C(=O)OC. The number of ether oxygens (including phenoxy) is 1. The van der Waals surface area contributed by atoms with Crippen molar-refractivity contribution in [2.45, 2.75) is 46.6 Å². The van der Waals surface area contributed by atoms with Crippen LogP contribution in [0, 0.1) is 23.2 Å². The maximum absolute atomic E-state index is 13.1. The number of carbonyl (C=O) groups excluding carboxylic acids is 4. The molecule has 0 heterocycles. The van der Waals surface area contributed by atoms with Crippen LogP contribution in [0.1, 0.15) is 40.5 Å². The zero-order valence-electron chi connectivity index (χ0n) is 17.5. The van der Waals surface area contributed by atoms with Crippen LogP contribution < -0.4 is 16.1 Å². The molecule has 4 N–H and O–H groups in total. The third-order valence-electron chi connectivity index (χ3n) is 4.64. The van der Waals surface area contributed by atoms with E-state index < -0.39 is 47.0 Å². The molecule has 0 rings (SSSR count). The first-order chi connectivity index (χ1) is 13.0.